The monoisotopic (exact) mass is 564 g/mol. The molecule has 1 fully saturated rings. The molecule has 0 spiro atoms. The molecule has 0 bridgehead atoms. The Bertz CT molecular complexity index is 1450. The van der Waals surface area contributed by atoms with Gasteiger partial charge in [-0.3, -0.25) is 4.79 Å². The molecule has 4 nitrogen and oxygen atoms in total. The van der Waals surface area contributed by atoms with Gasteiger partial charge in [-0.2, -0.15) is 0 Å². The number of amides is 1. The minimum atomic E-state index is -0.250. The SMILES string of the molecule is Cc1cc(Cl)ccc1NC1NC(=O)/C(=C/c2ccc(OCc3cccc4ccccc34)c(Br)c2)S1. The number of anilines is 1. The molecule has 4 aromatic carbocycles. The van der Waals surface area contributed by atoms with Crippen LogP contribution in [0.3, 0.4) is 0 Å². The summed E-state index contributed by atoms with van der Waals surface area (Å²) in [4.78, 5) is 13.2. The van der Waals surface area contributed by atoms with Crippen molar-refractivity contribution in [1.82, 2.24) is 5.32 Å². The van der Waals surface area contributed by atoms with Gasteiger partial charge in [-0.1, -0.05) is 71.9 Å². The molecule has 0 radical (unpaired) electrons. The number of rotatable bonds is 6. The second-order valence-electron chi connectivity index (χ2n) is 8.20. The standard InChI is InChI=1S/C28H22BrClN2O2S/c1-17-13-21(30)10-11-24(17)31-28-32-27(33)26(35-28)15-18-9-12-25(23(29)14-18)34-16-20-7-4-6-19-5-2-3-8-22(19)20/h2-15,28,31H,16H2,1H3,(H,32,33)/b26-15-. The molecule has 1 aliphatic rings. The molecule has 1 saturated heterocycles. The van der Waals surface area contributed by atoms with E-state index in [0.717, 1.165) is 32.6 Å². The minimum Gasteiger partial charge on any atom is -0.488 e. The summed E-state index contributed by atoms with van der Waals surface area (Å²) in [5.74, 6) is 0.646. The van der Waals surface area contributed by atoms with Crippen LogP contribution in [0.2, 0.25) is 5.02 Å². The quantitative estimate of drug-likeness (QED) is 0.235. The Labute approximate surface area is 221 Å². The van der Waals surface area contributed by atoms with E-state index in [1.165, 1.54) is 22.5 Å². The van der Waals surface area contributed by atoms with Crippen LogP contribution < -0.4 is 15.4 Å². The molecular weight excluding hydrogens is 544 g/mol. The summed E-state index contributed by atoms with van der Waals surface area (Å²) >= 11 is 11.1. The van der Waals surface area contributed by atoms with Crippen molar-refractivity contribution in [2.24, 2.45) is 0 Å². The highest BCUT2D eigenvalue weighted by atomic mass is 79.9. The number of ether oxygens (including phenoxy) is 1. The van der Waals surface area contributed by atoms with E-state index in [9.17, 15) is 4.79 Å². The molecule has 0 saturated carbocycles. The van der Waals surface area contributed by atoms with Crippen molar-refractivity contribution in [3.05, 3.63) is 110 Å². The highest BCUT2D eigenvalue weighted by Crippen LogP contribution is 2.33. The van der Waals surface area contributed by atoms with Gasteiger partial charge in [0.05, 0.1) is 9.38 Å². The van der Waals surface area contributed by atoms with Gasteiger partial charge in [0, 0.05) is 10.7 Å². The number of aryl methyl sites for hydroxylation is 1. The van der Waals surface area contributed by atoms with Crippen LogP contribution in [0.25, 0.3) is 16.8 Å². The predicted molar refractivity (Wildman–Crippen MR) is 150 cm³/mol. The van der Waals surface area contributed by atoms with Gasteiger partial charge < -0.3 is 15.4 Å². The molecule has 35 heavy (non-hydrogen) atoms. The molecule has 1 atom stereocenters. The highest BCUT2D eigenvalue weighted by Gasteiger charge is 2.27. The molecular formula is C28H22BrClN2O2S. The van der Waals surface area contributed by atoms with E-state index in [4.69, 9.17) is 16.3 Å². The predicted octanol–water partition coefficient (Wildman–Crippen LogP) is 7.74. The Morgan fingerprint density at radius 2 is 1.91 bits per heavy atom. The fraction of sp³-hybridized carbons (Fsp3) is 0.107. The number of carbonyl (C=O) groups excluding carboxylic acids is 1. The molecule has 1 aliphatic heterocycles. The highest BCUT2D eigenvalue weighted by molar-refractivity contribution is 9.10. The van der Waals surface area contributed by atoms with Crippen molar-refractivity contribution in [2.75, 3.05) is 5.32 Å². The van der Waals surface area contributed by atoms with E-state index in [1.807, 2.05) is 67.6 Å². The lowest BCUT2D eigenvalue weighted by molar-refractivity contribution is -0.116. The van der Waals surface area contributed by atoms with Crippen molar-refractivity contribution >= 4 is 67.7 Å². The van der Waals surface area contributed by atoms with Gasteiger partial charge in [-0.25, -0.2) is 0 Å². The Hall–Kier alpha value is -2.93. The van der Waals surface area contributed by atoms with E-state index in [1.54, 1.807) is 0 Å². The van der Waals surface area contributed by atoms with Crippen molar-refractivity contribution in [3.63, 3.8) is 0 Å². The smallest absolute Gasteiger partial charge is 0.260 e. The van der Waals surface area contributed by atoms with Crippen LogP contribution >= 0.6 is 39.3 Å². The third-order valence-electron chi connectivity index (χ3n) is 5.72. The van der Waals surface area contributed by atoms with Gasteiger partial charge in [0.2, 0.25) is 0 Å². The zero-order valence-electron chi connectivity index (χ0n) is 18.8. The van der Waals surface area contributed by atoms with Gasteiger partial charge in [0.1, 0.15) is 12.4 Å². The fourth-order valence-electron chi connectivity index (χ4n) is 3.94. The first kappa shape index (κ1) is 23.8. The zero-order chi connectivity index (χ0) is 24.4. The van der Waals surface area contributed by atoms with Crippen LogP contribution in [-0.4, -0.2) is 11.4 Å². The van der Waals surface area contributed by atoms with E-state index >= 15 is 0 Å². The Morgan fingerprint density at radius 3 is 2.74 bits per heavy atom. The van der Waals surface area contributed by atoms with E-state index in [2.05, 4.69) is 50.8 Å². The van der Waals surface area contributed by atoms with Crippen molar-refractivity contribution < 1.29 is 9.53 Å². The summed E-state index contributed by atoms with van der Waals surface area (Å²) in [7, 11) is 0. The van der Waals surface area contributed by atoms with E-state index in [-0.39, 0.29) is 11.4 Å². The Balaban J connectivity index is 1.26. The second-order valence-corrected chi connectivity index (χ2v) is 10.6. The molecule has 5 rings (SSSR count). The number of carbonyl (C=O) groups is 1. The topological polar surface area (TPSA) is 50.4 Å². The third kappa shape index (κ3) is 5.50. The number of hydrogen-bond donors (Lipinski definition) is 2. The maximum absolute atomic E-state index is 12.5. The van der Waals surface area contributed by atoms with Gasteiger partial charge in [-0.05, 0) is 86.7 Å². The second kappa shape index (κ2) is 10.4. The zero-order valence-corrected chi connectivity index (χ0v) is 22.0. The average Bonchev–Trinajstić information content (AvgIpc) is 3.18. The van der Waals surface area contributed by atoms with Gasteiger partial charge in [0.25, 0.3) is 5.91 Å². The first-order valence-electron chi connectivity index (χ1n) is 11.1. The van der Waals surface area contributed by atoms with Gasteiger partial charge in [-0.15, -0.1) is 0 Å². The minimum absolute atomic E-state index is 0.105. The fourth-order valence-corrected chi connectivity index (χ4v) is 5.66. The van der Waals surface area contributed by atoms with Crippen LogP contribution in [0.1, 0.15) is 16.7 Å². The average molecular weight is 566 g/mol. The Kier molecular flexibility index (Phi) is 7.04. The van der Waals surface area contributed by atoms with Gasteiger partial charge in [0.15, 0.2) is 5.50 Å². The summed E-state index contributed by atoms with van der Waals surface area (Å²) in [5.41, 5.74) is 3.75. The lowest BCUT2D eigenvalue weighted by Crippen LogP contribution is -2.31. The normalized spacial score (nSPS) is 16.5. The summed E-state index contributed by atoms with van der Waals surface area (Å²) < 4.78 is 6.94. The summed E-state index contributed by atoms with van der Waals surface area (Å²) in [5, 5.41) is 9.39. The molecule has 1 unspecified atom stereocenters. The molecule has 2 N–H and O–H groups in total. The molecule has 176 valence electrons. The number of benzene rings is 4. The lowest BCUT2D eigenvalue weighted by atomic mass is 10.1. The van der Waals surface area contributed by atoms with Crippen LogP contribution in [-0.2, 0) is 11.4 Å². The number of thioether (sulfide) groups is 1. The summed E-state index contributed by atoms with van der Waals surface area (Å²) in [6.07, 6.45) is 1.88. The van der Waals surface area contributed by atoms with Crippen LogP contribution in [0.4, 0.5) is 5.69 Å². The number of halogens is 2. The summed E-state index contributed by atoms with van der Waals surface area (Å²) in [6.45, 7) is 2.45. The van der Waals surface area contributed by atoms with E-state index < -0.39 is 0 Å². The maximum Gasteiger partial charge on any atom is 0.260 e. The van der Waals surface area contributed by atoms with E-state index in [0.29, 0.717) is 16.5 Å². The first-order valence-corrected chi connectivity index (χ1v) is 13.1. The molecule has 0 aromatic heterocycles. The number of nitrogens with one attached hydrogen (secondary N) is 2. The van der Waals surface area contributed by atoms with Crippen molar-refractivity contribution in [2.45, 2.75) is 19.0 Å². The molecule has 1 amide bonds. The molecule has 1 heterocycles. The summed E-state index contributed by atoms with van der Waals surface area (Å²) in [6, 6.07) is 26.0. The third-order valence-corrected chi connectivity index (χ3v) is 7.61. The number of fused-ring (bicyclic) bond motifs is 1. The Morgan fingerprint density at radius 1 is 1.09 bits per heavy atom. The largest absolute Gasteiger partial charge is 0.488 e. The van der Waals surface area contributed by atoms with Crippen LogP contribution in [0.15, 0.2) is 88.2 Å². The van der Waals surface area contributed by atoms with Crippen LogP contribution in [0.5, 0.6) is 5.75 Å². The molecule has 7 heteroatoms. The van der Waals surface area contributed by atoms with Crippen LogP contribution in [0, 0.1) is 6.92 Å². The van der Waals surface area contributed by atoms with Gasteiger partial charge >= 0.3 is 0 Å². The van der Waals surface area contributed by atoms with Crippen molar-refractivity contribution in [3.8, 4) is 5.75 Å². The first-order chi connectivity index (χ1) is 17.0. The number of hydrogen-bond acceptors (Lipinski definition) is 4. The maximum atomic E-state index is 12.5. The molecule has 4 aromatic rings. The molecule has 0 aliphatic carbocycles. The van der Waals surface area contributed by atoms with Crippen molar-refractivity contribution in [1.29, 1.82) is 0 Å². The lowest BCUT2D eigenvalue weighted by Gasteiger charge is -2.15.